The molecule has 0 aromatic heterocycles. The molecule has 0 saturated carbocycles. The Morgan fingerprint density at radius 2 is 1.24 bits per heavy atom. The van der Waals surface area contributed by atoms with Crippen LogP contribution in [0, 0.1) is 6.92 Å². The Balaban J connectivity index is 1.25. The lowest BCUT2D eigenvalue weighted by Gasteiger charge is -2.14. The second-order valence-corrected chi connectivity index (χ2v) is 7.93. The van der Waals surface area contributed by atoms with Crippen molar-refractivity contribution in [3.05, 3.63) is 119 Å². The van der Waals surface area contributed by atoms with Crippen molar-refractivity contribution in [2.75, 3.05) is 10.2 Å². The zero-order valence-electron chi connectivity index (χ0n) is 18.3. The Morgan fingerprint density at radius 1 is 0.706 bits per heavy atom. The van der Waals surface area contributed by atoms with E-state index in [1.54, 1.807) is 72.8 Å². The Kier molecular flexibility index (Phi) is 5.40. The van der Waals surface area contributed by atoms with Crippen LogP contribution in [-0.4, -0.2) is 17.7 Å². The SMILES string of the molecule is Cc1ccc(Oc2ccc(NC(=O)c3ccc(N4C(=O)c5ccccc5C4=O)cc3)cc2)cc1. The highest BCUT2D eigenvalue weighted by molar-refractivity contribution is 6.34. The Labute approximate surface area is 196 Å². The monoisotopic (exact) mass is 448 g/mol. The summed E-state index contributed by atoms with van der Waals surface area (Å²) in [5.74, 6) is 0.352. The van der Waals surface area contributed by atoms with Gasteiger partial charge in [-0.1, -0.05) is 29.8 Å². The van der Waals surface area contributed by atoms with Crippen molar-refractivity contribution in [1.29, 1.82) is 0 Å². The molecule has 0 unspecified atom stereocenters. The van der Waals surface area contributed by atoms with Crippen LogP contribution in [0.2, 0.25) is 0 Å². The molecule has 5 rings (SSSR count). The highest BCUT2D eigenvalue weighted by atomic mass is 16.5. The Morgan fingerprint density at radius 3 is 1.79 bits per heavy atom. The van der Waals surface area contributed by atoms with Crippen LogP contribution >= 0.6 is 0 Å². The van der Waals surface area contributed by atoms with Gasteiger partial charge < -0.3 is 10.1 Å². The van der Waals surface area contributed by atoms with Crippen molar-refractivity contribution in [2.45, 2.75) is 6.92 Å². The maximum absolute atomic E-state index is 12.7. The lowest BCUT2D eigenvalue weighted by Crippen LogP contribution is -2.29. The predicted octanol–water partition coefficient (Wildman–Crippen LogP) is 5.84. The molecule has 0 atom stereocenters. The molecule has 0 radical (unpaired) electrons. The second kappa shape index (κ2) is 8.67. The summed E-state index contributed by atoms with van der Waals surface area (Å²) < 4.78 is 5.81. The van der Waals surface area contributed by atoms with E-state index in [1.165, 1.54) is 0 Å². The summed E-state index contributed by atoms with van der Waals surface area (Å²) in [4.78, 5) is 39.1. The number of fused-ring (bicyclic) bond motifs is 1. The van der Waals surface area contributed by atoms with Crippen molar-refractivity contribution >= 4 is 29.1 Å². The minimum atomic E-state index is -0.370. The van der Waals surface area contributed by atoms with Gasteiger partial charge in [0.15, 0.2) is 0 Å². The van der Waals surface area contributed by atoms with Gasteiger partial charge in [-0.15, -0.1) is 0 Å². The van der Waals surface area contributed by atoms with Crippen molar-refractivity contribution in [3.63, 3.8) is 0 Å². The van der Waals surface area contributed by atoms with Gasteiger partial charge in [-0.2, -0.15) is 0 Å². The van der Waals surface area contributed by atoms with Crippen molar-refractivity contribution in [3.8, 4) is 11.5 Å². The fraction of sp³-hybridized carbons (Fsp3) is 0.0357. The van der Waals surface area contributed by atoms with E-state index in [4.69, 9.17) is 4.74 Å². The molecular weight excluding hydrogens is 428 g/mol. The summed E-state index contributed by atoms with van der Waals surface area (Å²) in [7, 11) is 0. The topological polar surface area (TPSA) is 75.7 Å². The summed E-state index contributed by atoms with van der Waals surface area (Å²) in [6, 6.07) is 27.9. The minimum Gasteiger partial charge on any atom is -0.457 e. The first-order valence-electron chi connectivity index (χ1n) is 10.7. The number of benzene rings is 4. The van der Waals surface area contributed by atoms with E-state index in [9.17, 15) is 14.4 Å². The van der Waals surface area contributed by atoms with Gasteiger partial charge in [0.05, 0.1) is 16.8 Å². The zero-order valence-corrected chi connectivity index (χ0v) is 18.3. The van der Waals surface area contributed by atoms with Crippen LogP contribution in [0.5, 0.6) is 11.5 Å². The summed E-state index contributed by atoms with van der Waals surface area (Å²) in [5, 5.41) is 2.84. The van der Waals surface area contributed by atoms with Gasteiger partial charge in [0.25, 0.3) is 17.7 Å². The van der Waals surface area contributed by atoms with Gasteiger partial charge in [0.1, 0.15) is 11.5 Å². The van der Waals surface area contributed by atoms with E-state index in [-0.39, 0.29) is 17.7 Å². The first-order valence-corrected chi connectivity index (χ1v) is 10.7. The molecule has 6 heteroatoms. The quantitative estimate of drug-likeness (QED) is 0.389. The average Bonchev–Trinajstić information content (AvgIpc) is 3.12. The van der Waals surface area contributed by atoms with Crippen LogP contribution in [0.15, 0.2) is 97.1 Å². The van der Waals surface area contributed by atoms with Gasteiger partial charge in [0.2, 0.25) is 0 Å². The number of rotatable bonds is 5. The molecule has 0 spiro atoms. The molecule has 6 nitrogen and oxygen atoms in total. The first kappa shape index (κ1) is 21.2. The summed E-state index contributed by atoms with van der Waals surface area (Å²) in [6.07, 6.45) is 0. The number of ether oxygens (including phenoxy) is 1. The molecule has 1 aliphatic rings. The predicted molar refractivity (Wildman–Crippen MR) is 130 cm³/mol. The summed E-state index contributed by atoms with van der Waals surface area (Å²) in [6.45, 7) is 2.01. The van der Waals surface area contributed by atoms with Crippen LogP contribution in [0.3, 0.4) is 0 Å². The fourth-order valence-corrected chi connectivity index (χ4v) is 3.74. The molecule has 1 aliphatic heterocycles. The Bertz CT molecular complexity index is 1360. The first-order chi connectivity index (χ1) is 16.5. The molecular formula is C28H20N2O4. The molecule has 0 aliphatic carbocycles. The molecule has 1 N–H and O–H groups in total. The standard InChI is InChI=1S/C28H20N2O4/c1-18-6-14-22(15-7-18)34-23-16-10-20(11-17-23)29-26(31)19-8-12-21(13-9-19)30-27(32)24-4-2-3-5-25(24)28(30)33/h2-17H,1H3,(H,29,31). The van der Waals surface area contributed by atoms with Crippen LogP contribution in [0.25, 0.3) is 0 Å². The smallest absolute Gasteiger partial charge is 0.266 e. The van der Waals surface area contributed by atoms with E-state index < -0.39 is 0 Å². The third kappa shape index (κ3) is 4.04. The van der Waals surface area contributed by atoms with Crippen molar-refractivity contribution < 1.29 is 19.1 Å². The molecule has 166 valence electrons. The van der Waals surface area contributed by atoms with E-state index in [2.05, 4.69) is 5.32 Å². The maximum atomic E-state index is 12.7. The van der Waals surface area contributed by atoms with Gasteiger partial charge in [-0.05, 0) is 79.7 Å². The number of anilines is 2. The molecule has 0 saturated heterocycles. The van der Waals surface area contributed by atoms with Gasteiger partial charge in [-0.3, -0.25) is 14.4 Å². The lowest BCUT2D eigenvalue weighted by atomic mass is 10.1. The number of nitrogens with zero attached hydrogens (tertiary/aromatic N) is 1. The highest BCUT2D eigenvalue weighted by Gasteiger charge is 2.36. The number of aryl methyl sites for hydroxylation is 1. The van der Waals surface area contributed by atoms with E-state index >= 15 is 0 Å². The fourth-order valence-electron chi connectivity index (χ4n) is 3.74. The maximum Gasteiger partial charge on any atom is 0.266 e. The number of carbonyl (C=O) groups is 3. The van der Waals surface area contributed by atoms with Crippen LogP contribution in [0.4, 0.5) is 11.4 Å². The van der Waals surface area contributed by atoms with Crippen LogP contribution in [-0.2, 0) is 0 Å². The number of imide groups is 1. The summed E-state index contributed by atoms with van der Waals surface area (Å²) in [5.41, 5.74) is 3.35. The van der Waals surface area contributed by atoms with Gasteiger partial charge in [0, 0.05) is 11.3 Å². The molecule has 4 aromatic rings. The molecule has 1 heterocycles. The van der Waals surface area contributed by atoms with Gasteiger partial charge >= 0.3 is 0 Å². The van der Waals surface area contributed by atoms with Gasteiger partial charge in [-0.25, -0.2) is 4.90 Å². The van der Waals surface area contributed by atoms with Crippen molar-refractivity contribution in [2.24, 2.45) is 0 Å². The number of carbonyl (C=O) groups excluding carboxylic acids is 3. The number of hydrogen-bond acceptors (Lipinski definition) is 4. The largest absolute Gasteiger partial charge is 0.457 e. The minimum absolute atomic E-state index is 0.305. The third-order valence-electron chi connectivity index (χ3n) is 5.55. The van der Waals surface area contributed by atoms with E-state index in [0.717, 1.165) is 16.2 Å². The molecule has 0 fully saturated rings. The molecule has 0 bridgehead atoms. The number of hydrogen-bond donors (Lipinski definition) is 1. The average molecular weight is 448 g/mol. The normalized spacial score (nSPS) is 12.4. The second-order valence-electron chi connectivity index (χ2n) is 7.93. The molecule has 3 amide bonds. The zero-order chi connectivity index (χ0) is 23.7. The van der Waals surface area contributed by atoms with Crippen LogP contribution in [0.1, 0.15) is 36.6 Å². The number of amides is 3. The van der Waals surface area contributed by atoms with Crippen LogP contribution < -0.4 is 15.0 Å². The molecule has 34 heavy (non-hydrogen) atoms. The number of nitrogens with one attached hydrogen (secondary N) is 1. The highest BCUT2D eigenvalue weighted by Crippen LogP contribution is 2.29. The Hall–Kier alpha value is -4.71. The third-order valence-corrected chi connectivity index (χ3v) is 5.55. The van der Waals surface area contributed by atoms with E-state index in [0.29, 0.717) is 33.8 Å². The van der Waals surface area contributed by atoms with Crippen molar-refractivity contribution in [1.82, 2.24) is 0 Å². The lowest BCUT2D eigenvalue weighted by molar-refractivity contribution is 0.0925. The summed E-state index contributed by atoms with van der Waals surface area (Å²) >= 11 is 0. The van der Waals surface area contributed by atoms with E-state index in [1.807, 2.05) is 31.2 Å². The molecule has 4 aromatic carbocycles.